The molecular weight excluding hydrogens is 448 g/mol. The molecule has 0 aromatic carbocycles. The Hall–Kier alpha value is -2.82. The summed E-state index contributed by atoms with van der Waals surface area (Å²) in [4.78, 5) is 30.6. The van der Waals surface area contributed by atoms with Gasteiger partial charge in [0, 0.05) is 53.8 Å². The number of rotatable bonds is 3. The fraction of sp³-hybridized carbons (Fsp3) is 0.333. The van der Waals surface area contributed by atoms with Crippen LogP contribution in [0.1, 0.15) is 24.1 Å². The number of hydrogen-bond acceptors (Lipinski definition) is 9. The summed E-state index contributed by atoms with van der Waals surface area (Å²) in [6.45, 7) is 1.55. The van der Waals surface area contributed by atoms with E-state index in [1.54, 1.807) is 24.5 Å². The van der Waals surface area contributed by atoms with E-state index in [1.807, 2.05) is 6.07 Å². The molecule has 0 saturated carbocycles. The average molecular weight is 471 g/mol. The molecule has 1 aliphatic heterocycles. The summed E-state index contributed by atoms with van der Waals surface area (Å²) in [6, 6.07) is 5.29. The highest BCUT2D eigenvalue weighted by atomic mass is 35.5. The van der Waals surface area contributed by atoms with Crippen LogP contribution in [0.4, 0.5) is 17.5 Å². The van der Waals surface area contributed by atoms with Gasteiger partial charge in [0.15, 0.2) is 5.82 Å². The van der Waals surface area contributed by atoms with Crippen molar-refractivity contribution in [3.63, 3.8) is 0 Å². The lowest BCUT2D eigenvalue weighted by Crippen LogP contribution is -2.50. The first-order chi connectivity index (χ1) is 15.4. The van der Waals surface area contributed by atoms with Crippen LogP contribution in [0.25, 0.3) is 0 Å². The number of aromatic amines is 1. The molecule has 0 radical (unpaired) electrons. The standard InChI is InChI=1S/C21H23ClN8OS/c22-17-13(3-6-26-18(17)24)32-20-19(25)29-15(10-27-20)30-7-4-21(5-8-30)11-1-2-16(31)28-12(11)9-14(21)23/h1-3,6,10,14H,4-5,7-9,23H2,(H2,24,26)(H2,25,29)(H,28,31). The van der Waals surface area contributed by atoms with Gasteiger partial charge in [-0.25, -0.2) is 15.0 Å². The summed E-state index contributed by atoms with van der Waals surface area (Å²) in [7, 11) is 0. The van der Waals surface area contributed by atoms with Crippen LogP contribution in [0.2, 0.25) is 5.02 Å². The summed E-state index contributed by atoms with van der Waals surface area (Å²) >= 11 is 7.53. The normalized spacial score (nSPS) is 19.3. The van der Waals surface area contributed by atoms with Crippen molar-refractivity contribution in [2.75, 3.05) is 29.5 Å². The summed E-state index contributed by atoms with van der Waals surface area (Å²) < 4.78 is 0. The van der Waals surface area contributed by atoms with Crippen molar-refractivity contribution in [2.45, 2.75) is 40.6 Å². The Morgan fingerprint density at radius 2 is 1.94 bits per heavy atom. The van der Waals surface area contributed by atoms with Crippen molar-refractivity contribution in [2.24, 2.45) is 5.73 Å². The monoisotopic (exact) mass is 470 g/mol. The average Bonchev–Trinajstić information content (AvgIpc) is 3.03. The quantitative estimate of drug-likeness (QED) is 0.449. The van der Waals surface area contributed by atoms with Crippen molar-refractivity contribution in [3.8, 4) is 0 Å². The van der Waals surface area contributed by atoms with Crippen molar-refractivity contribution >= 4 is 40.8 Å². The first-order valence-electron chi connectivity index (χ1n) is 10.3. The zero-order valence-corrected chi connectivity index (χ0v) is 18.8. The van der Waals surface area contributed by atoms with Gasteiger partial charge in [0.2, 0.25) is 5.56 Å². The minimum absolute atomic E-state index is 0.00910. The number of nitrogen functional groups attached to an aromatic ring is 2. The Labute approximate surface area is 193 Å². The van der Waals surface area contributed by atoms with E-state index in [-0.39, 0.29) is 22.8 Å². The molecule has 9 nitrogen and oxygen atoms in total. The highest BCUT2D eigenvalue weighted by Crippen LogP contribution is 2.45. The van der Waals surface area contributed by atoms with Gasteiger partial charge in [-0.3, -0.25) is 4.79 Å². The molecule has 1 spiro atoms. The Bertz CT molecular complexity index is 1240. The lowest BCUT2D eigenvalue weighted by Gasteiger charge is -2.43. The number of fused-ring (bicyclic) bond motifs is 2. The van der Waals surface area contributed by atoms with Crippen LogP contribution in [0, 0.1) is 0 Å². The second-order valence-corrected chi connectivity index (χ2v) is 9.61. The predicted molar refractivity (Wildman–Crippen MR) is 126 cm³/mol. The Morgan fingerprint density at radius 3 is 2.69 bits per heavy atom. The van der Waals surface area contributed by atoms with Crippen molar-refractivity contribution in [1.82, 2.24) is 19.9 Å². The van der Waals surface area contributed by atoms with E-state index in [9.17, 15) is 4.79 Å². The number of nitrogens with two attached hydrogens (primary N) is 3. The second kappa shape index (κ2) is 7.95. The summed E-state index contributed by atoms with van der Waals surface area (Å²) in [5, 5.41) is 0.934. The van der Waals surface area contributed by atoms with Gasteiger partial charge in [-0.2, -0.15) is 0 Å². The van der Waals surface area contributed by atoms with Crippen LogP contribution in [0.15, 0.2) is 45.3 Å². The molecule has 1 saturated heterocycles. The van der Waals surface area contributed by atoms with Crippen molar-refractivity contribution in [1.29, 1.82) is 0 Å². The van der Waals surface area contributed by atoms with Gasteiger partial charge in [-0.05, 0) is 24.5 Å². The first-order valence-corrected chi connectivity index (χ1v) is 11.5. The molecule has 1 unspecified atom stereocenters. The Kier molecular flexibility index (Phi) is 5.23. The highest BCUT2D eigenvalue weighted by molar-refractivity contribution is 7.99. The molecule has 1 atom stereocenters. The molecule has 4 heterocycles. The van der Waals surface area contributed by atoms with E-state index < -0.39 is 0 Å². The Morgan fingerprint density at radius 1 is 1.16 bits per heavy atom. The number of piperidine rings is 1. The molecule has 3 aromatic rings. The largest absolute Gasteiger partial charge is 0.382 e. The molecule has 7 N–H and O–H groups in total. The van der Waals surface area contributed by atoms with Gasteiger partial charge in [0.1, 0.15) is 16.7 Å². The number of H-pyrrole nitrogens is 1. The molecular formula is C21H23ClN8OS. The van der Waals surface area contributed by atoms with Crippen molar-refractivity contribution in [3.05, 3.63) is 57.2 Å². The fourth-order valence-corrected chi connectivity index (χ4v) is 5.79. The maximum atomic E-state index is 11.7. The van der Waals surface area contributed by atoms with Gasteiger partial charge in [-0.15, -0.1) is 0 Å². The molecule has 0 amide bonds. The summed E-state index contributed by atoms with van der Waals surface area (Å²) in [5.41, 5.74) is 20.5. The smallest absolute Gasteiger partial charge is 0.248 e. The van der Waals surface area contributed by atoms with Crippen LogP contribution in [-0.2, 0) is 11.8 Å². The third-order valence-electron chi connectivity index (χ3n) is 6.49. The van der Waals surface area contributed by atoms with Gasteiger partial charge >= 0.3 is 0 Å². The molecule has 1 aliphatic carbocycles. The van der Waals surface area contributed by atoms with E-state index in [0.29, 0.717) is 22.3 Å². The molecule has 5 rings (SSSR count). The minimum atomic E-state index is -0.122. The molecule has 32 heavy (non-hydrogen) atoms. The lowest BCUT2D eigenvalue weighted by atomic mass is 9.71. The molecule has 166 valence electrons. The van der Waals surface area contributed by atoms with E-state index in [2.05, 4.69) is 24.8 Å². The molecule has 1 fully saturated rings. The van der Waals surface area contributed by atoms with E-state index in [4.69, 9.17) is 28.8 Å². The molecule has 0 bridgehead atoms. The van der Waals surface area contributed by atoms with Gasteiger partial charge in [0.05, 0.1) is 11.2 Å². The van der Waals surface area contributed by atoms with Gasteiger partial charge in [0.25, 0.3) is 0 Å². The SMILES string of the molecule is Nc1nc(N2CCC3(CC2)c2ccc(=O)[nH]c2CC3N)cnc1Sc1ccnc(N)c1Cl. The minimum Gasteiger partial charge on any atom is -0.382 e. The van der Waals surface area contributed by atoms with Crippen LogP contribution >= 0.6 is 23.4 Å². The topological polar surface area (TPSA) is 153 Å². The van der Waals surface area contributed by atoms with E-state index in [1.165, 1.54) is 17.3 Å². The van der Waals surface area contributed by atoms with Crippen LogP contribution in [0.5, 0.6) is 0 Å². The maximum absolute atomic E-state index is 11.7. The number of pyridine rings is 2. The van der Waals surface area contributed by atoms with Crippen molar-refractivity contribution < 1.29 is 0 Å². The summed E-state index contributed by atoms with van der Waals surface area (Å²) in [6.07, 6.45) is 5.77. The number of aromatic nitrogens is 4. The van der Waals surface area contributed by atoms with Gasteiger partial charge in [-0.1, -0.05) is 29.4 Å². The lowest BCUT2D eigenvalue weighted by molar-refractivity contribution is 0.292. The maximum Gasteiger partial charge on any atom is 0.248 e. The zero-order valence-electron chi connectivity index (χ0n) is 17.2. The molecule has 11 heteroatoms. The third kappa shape index (κ3) is 3.48. The first kappa shape index (κ1) is 21.0. The number of nitrogens with one attached hydrogen (secondary N) is 1. The number of anilines is 3. The zero-order chi connectivity index (χ0) is 22.5. The van der Waals surface area contributed by atoms with Crippen LogP contribution < -0.4 is 27.7 Å². The van der Waals surface area contributed by atoms with Gasteiger partial charge < -0.3 is 27.1 Å². The van der Waals surface area contributed by atoms with E-state index in [0.717, 1.165) is 42.3 Å². The number of halogens is 1. The molecule has 2 aliphatic rings. The van der Waals surface area contributed by atoms with Crippen LogP contribution in [-0.4, -0.2) is 39.1 Å². The number of nitrogens with zero attached hydrogens (tertiary/aromatic N) is 4. The summed E-state index contributed by atoms with van der Waals surface area (Å²) in [5.74, 6) is 1.33. The van der Waals surface area contributed by atoms with Crippen LogP contribution in [0.3, 0.4) is 0 Å². The second-order valence-electron chi connectivity index (χ2n) is 8.20. The number of hydrogen-bond donors (Lipinski definition) is 4. The highest BCUT2D eigenvalue weighted by Gasteiger charge is 2.47. The Balaban J connectivity index is 1.33. The molecule has 3 aromatic heterocycles. The fourth-order valence-electron chi connectivity index (χ4n) is 4.77. The predicted octanol–water partition coefficient (Wildman–Crippen LogP) is 1.95. The third-order valence-corrected chi connectivity index (χ3v) is 8.07. The van der Waals surface area contributed by atoms with E-state index >= 15 is 0 Å².